The highest BCUT2D eigenvalue weighted by atomic mass is 127. The number of aromatic amines is 1. The molecule has 1 amide bonds. The molecule has 54 heavy (non-hydrogen) atoms. The van der Waals surface area contributed by atoms with Crippen LogP contribution in [0.3, 0.4) is 0 Å². The Hall–Kier alpha value is -6.31. The van der Waals surface area contributed by atoms with E-state index in [1.165, 1.54) is 0 Å². The zero-order chi connectivity index (χ0) is 37.1. The van der Waals surface area contributed by atoms with Crippen LogP contribution in [0.4, 0.5) is 5.69 Å². The Morgan fingerprint density at radius 2 is 1.65 bits per heavy atom. The van der Waals surface area contributed by atoms with Gasteiger partial charge in [-0.3, -0.25) is 9.78 Å². The maximum absolute atomic E-state index is 13.6. The zero-order valence-corrected chi connectivity index (χ0v) is 30.6. The smallest absolute Gasteiger partial charge is 0.344 e. The molecule has 1 aliphatic carbocycles. The molecule has 2 aromatic heterocycles. The number of halogens is 1. The van der Waals surface area contributed by atoms with Crippen LogP contribution in [0.25, 0.3) is 78.8 Å². The lowest BCUT2D eigenvalue weighted by Crippen LogP contribution is -2.22. The predicted octanol–water partition coefficient (Wildman–Crippen LogP) is 7.57. The van der Waals surface area contributed by atoms with E-state index in [0.29, 0.717) is 39.2 Å². The van der Waals surface area contributed by atoms with Crippen LogP contribution in [0, 0.1) is 0 Å². The Balaban J connectivity index is 1.01. The number of carbonyl (C=O) groups excluding carboxylic acids is 1. The van der Waals surface area contributed by atoms with Crippen LogP contribution >= 0.6 is 22.6 Å². The van der Waals surface area contributed by atoms with Gasteiger partial charge in [0.1, 0.15) is 22.6 Å². The molecular weight excluding hydrogens is 793 g/mol. The highest BCUT2D eigenvalue weighted by molar-refractivity contribution is 14.1. The van der Waals surface area contributed by atoms with Crippen LogP contribution in [0.2, 0.25) is 0 Å². The summed E-state index contributed by atoms with van der Waals surface area (Å²) in [5.74, 6) is 0.321. The molecule has 5 N–H and O–H groups in total. The highest BCUT2D eigenvalue weighted by Crippen LogP contribution is 2.42. The number of hydrogen-bond donors (Lipinski definition) is 4. The van der Waals surface area contributed by atoms with Gasteiger partial charge in [0.2, 0.25) is 0 Å². The van der Waals surface area contributed by atoms with E-state index in [1.807, 2.05) is 72.8 Å². The molecule has 9 rings (SSSR count). The summed E-state index contributed by atoms with van der Waals surface area (Å²) in [5, 5.41) is 15.9. The first-order valence-corrected chi connectivity index (χ1v) is 18.4. The van der Waals surface area contributed by atoms with Gasteiger partial charge in [-0.2, -0.15) is 0 Å². The largest absolute Gasteiger partial charge is 0.456 e. The number of nitrogen functional groups attached to an aromatic ring is 1. The number of aromatic nitrogens is 3. The second kappa shape index (κ2) is 13.3. The number of alkyl halides is 1. The van der Waals surface area contributed by atoms with Crippen molar-refractivity contribution in [1.29, 1.82) is 0 Å². The van der Waals surface area contributed by atoms with Gasteiger partial charge in [0.25, 0.3) is 5.91 Å². The van der Waals surface area contributed by atoms with Gasteiger partial charge in [-0.05, 0) is 58.1 Å². The Kier molecular flexibility index (Phi) is 8.24. The van der Waals surface area contributed by atoms with Crippen molar-refractivity contribution in [2.75, 3.05) is 5.73 Å². The molecule has 0 fully saturated rings. The summed E-state index contributed by atoms with van der Waals surface area (Å²) in [6.07, 6.45) is 8.65. The second-order valence-corrected chi connectivity index (χ2v) is 14.6. The molecule has 10 nitrogen and oxygen atoms in total. The van der Waals surface area contributed by atoms with Crippen molar-refractivity contribution in [1.82, 2.24) is 20.3 Å². The summed E-state index contributed by atoms with van der Waals surface area (Å²) >= 11 is 2.21. The minimum Gasteiger partial charge on any atom is -0.456 e. The molecule has 6 aromatic rings. The van der Waals surface area contributed by atoms with Gasteiger partial charge in [0, 0.05) is 64.4 Å². The predicted molar refractivity (Wildman–Crippen MR) is 220 cm³/mol. The van der Waals surface area contributed by atoms with Crippen LogP contribution in [0.5, 0.6) is 0 Å². The standard InChI is InChI=1S/C43H30IN5O5/c1-22-2-9-30-34(16-22)53-35-19-28(45)20-36-38(35)37(30)29-10-7-27(17-31(29)43(52)54-36)42(51)47-21-23-3-5-25(6-4-23)41-48-39(24-12-14-46-15-13-24)40(49-41)26-8-11-32(44)33(50)18-26/h2-20,32-33,50H,1,21,45H2,(H,47,51)(H,48,49). The molecule has 0 spiro atoms. The second-order valence-electron chi connectivity index (χ2n) is 13.2. The summed E-state index contributed by atoms with van der Waals surface area (Å²) in [6.45, 7) is 4.28. The van der Waals surface area contributed by atoms with Gasteiger partial charge in [-0.1, -0.05) is 83.8 Å². The Morgan fingerprint density at radius 1 is 0.889 bits per heavy atom. The molecule has 264 valence electrons. The maximum Gasteiger partial charge on any atom is 0.344 e. The summed E-state index contributed by atoms with van der Waals surface area (Å²) < 4.78 is 12.0. The number of imidazole rings is 1. The van der Waals surface area contributed by atoms with Gasteiger partial charge >= 0.3 is 5.63 Å². The molecule has 4 aromatic carbocycles. The molecule has 0 radical (unpaired) electrons. The Morgan fingerprint density at radius 3 is 2.43 bits per heavy atom. The average molecular weight is 824 g/mol. The minimum atomic E-state index is -0.609. The summed E-state index contributed by atoms with van der Waals surface area (Å²) in [4.78, 5) is 39.6. The minimum absolute atomic E-state index is 0.00651. The van der Waals surface area contributed by atoms with E-state index in [-0.39, 0.29) is 27.3 Å². The van der Waals surface area contributed by atoms with Crippen LogP contribution < -0.4 is 21.9 Å². The van der Waals surface area contributed by atoms with E-state index in [9.17, 15) is 14.7 Å². The van der Waals surface area contributed by atoms with Crippen molar-refractivity contribution in [3.05, 3.63) is 148 Å². The van der Waals surface area contributed by atoms with Gasteiger partial charge in [-0.25, -0.2) is 9.78 Å². The number of H-pyrrole nitrogens is 1. The lowest BCUT2D eigenvalue weighted by atomic mass is 9.94. The van der Waals surface area contributed by atoms with E-state index in [0.717, 1.165) is 49.8 Å². The van der Waals surface area contributed by atoms with E-state index >= 15 is 0 Å². The molecule has 0 saturated heterocycles. The molecule has 11 heteroatoms. The number of hydrogen-bond acceptors (Lipinski definition) is 8. The Bertz CT molecular complexity index is 2950. The number of anilines is 1. The van der Waals surface area contributed by atoms with Crippen LogP contribution in [-0.2, 0) is 6.54 Å². The molecule has 2 atom stereocenters. The SMILES string of the molecule is C=c1ccc2c3c4ccc(C(=O)NCc5ccc(-c6nc(-c7ccncc7)c(C7=CC(O)C(I)C=C7)[nH]6)cc5)cc4c(=O)oc4cc(N)cc(oc2c1)c4-3. The number of allylic oxidation sites excluding steroid dienone is 2. The number of fused-ring (bicyclic) bond motifs is 4. The third-order valence-electron chi connectivity index (χ3n) is 9.61. The number of aliphatic hydroxyl groups excluding tert-OH is 1. The van der Waals surface area contributed by atoms with Gasteiger partial charge in [0.15, 0.2) is 0 Å². The highest BCUT2D eigenvalue weighted by Gasteiger charge is 2.23. The monoisotopic (exact) mass is 823 g/mol. The van der Waals surface area contributed by atoms with Crippen molar-refractivity contribution in [3.63, 3.8) is 0 Å². The van der Waals surface area contributed by atoms with Crippen LogP contribution in [0.15, 0.2) is 129 Å². The fraction of sp³-hybridized carbons (Fsp3) is 0.0698. The first-order valence-electron chi connectivity index (χ1n) is 17.1. The number of pyridine rings is 1. The third-order valence-corrected chi connectivity index (χ3v) is 10.8. The van der Waals surface area contributed by atoms with E-state index < -0.39 is 11.7 Å². The van der Waals surface area contributed by atoms with E-state index in [4.69, 9.17) is 19.6 Å². The van der Waals surface area contributed by atoms with Gasteiger partial charge in [0.05, 0.1) is 32.4 Å². The summed E-state index contributed by atoms with van der Waals surface area (Å²) in [7, 11) is 0. The van der Waals surface area contributed by atoms with Crippen LogP contribution in [0.1, 0.15) is 21.6 Å². The van der Waals surface area contributed by atoms with E-state index in [1.54, 1.807) is 42.7 Å². The molecule has 2 unspecified atom stereocenters. The number of carbonyl (C=O) groups is 1. The first kappa shape index (κ1) is 33.5. The number of rotatable bonds is 6. The number of benzene rings is 4. The topological polar surface area (TPSA) is 160 Å². The summed E-state index contributed by atoms with van der Waals surface area (Å²) in [5.41, 5.74) is 14.0. The third kappa shape index (κ3) is 5.96. The molecule has 3 aliphatic rings. The van der Waals surface area contributed by atoms with Gasteiger partial charge < -0.3 is 30.0 Å². The zero-order valence-electron chi connectivity index (χ0n) is 28.5. The summed E-state index contributed by atoms with van der Waals surface area (Å²) in [6, 6.07) is 25.5. The van der Waals surface area contributed by atoms with Crippen molar-refractivity contribution < 1.29 is 18.7 Å². The normalized spacial score (nSPS) is 15.6. The fourth-order valence-electron chi connectivity index (χ4n) is 6.95. The number of aliphatic hydroxyl groups is 1. The van der Waals surface area contributed by atoms with Crippen molar-refractivity contribution >= 4 is 79.2 Å². The lowest BCUT2D eigenvalue weighted by Gasteiger charge is -2.16. The van der Waals surface area contributed by atoms with Crippen molar-refractivity contribution in [2.45, 2.75) is 16.6 Å². The van der Waals surface area contributed by atoms with E-state index in [2.05, 4.69) is 44.5 Å². The maximum atomic E-state index is 13.6. The Labute approximate surface area is 320 Å². The average Bonchev–Trinajstić information content (AvgIpc) is 3.58. The molecule has 4 heterocycles. The van der Waals surface area contributed by atoms with Crippen LogP contribution in [-0.4, -0.2) is 36.0 Å². The first-order chi connectivity index (χ1) is 26.2. The number of nitrogens with one attached hydrogen (secondary N) is 2. The molecular formula is C43H30IN5O5. The van der Waals surface area contributed by atoms with Gasteiger partial charge in [-0.15, -0.1) is 0 Å². The number of amides is 1. The molecule has 0 saturated carbocycles. The quantitative estimate of drug-likeness (QED) is 0.0579. The molecule has 2 aliphatic heterocycles. The fourth-order valence-corrected chi connectivity index (χ4v) is 7.36. The lowest BCUT2D eigenvalue weighted by molar-refractivity contribution is 0.0951. The number of nitrogens with zero attached hydrogens (tertiary/aromatic N) is 2. The van der Waals surface area contributed by atoms with Crippen molar-refractivity contribution in [2.24, 2.45) is 0 Å². The number of nitrogens with two attached hydrogens (primary N) is 1. The molecule has 0 bridgehead atoms. The van der Waals surface area contributed by atoms with Crippen molar-refractivity contribution in [3.8, 4) is 33.8 Å².